The first-order chi connectivity index (χ1) is 10.4. The number of unbranched alkanes of at least 4 members (excludes halogenated alkanes) is 3. The van der Waals surface area contributed by atoms with Crippen LogP contribution in [0.1, 0.15) is 31.2 Å². The molecule has 0 aliphatic carbocycles. The van der Waals surface area contributed by atoms with Crippen molar-refractivity contribution in [2.24, 2.45) is 0 Å². The van der Waals surface area contributed by atoms with Crippen molar-refractivity contribution in [1.29, 1.82) is 0 Å². The SMILES string of the molecule is OCCOCCOCCCCCCOCc1ccccc1. The van der Waals surface area contributed by atoms with E-state index in [0.717, 1.165) is 26.1 Å². The summed E-state index contributed by atoms with van der Waals surface area (Å²) in [7, 11) is 0. The fraction of sp³-hybridized carbons (Fsp3) is 0.647. The summed E-state index contributed by atoms with van der Waals surface area (Å²) < 4.78 is 16.2. The van der Waals surface area contributed by atoms with E-state index in [1.54, 1.807) is 0 Å². The van der Waals surface area contributed by atoms with Crippen molar-refractivity contribution in [1.82, 2.24) is 0 Å². The lowest BCUT2D eigenvalue weighted by Gasteiger charge is -2.06. The standard InChI is InChI=1S/C17H28O4/c18-10-13-20-15-14-19-11-6-1-2-7-12-21-16-17-8-4-3-5-9-17/h3-5,8-9,18H,1-2,6-7,10-16H2. The largest absolute Gasteiger partial charge is 0.394 e. The molecule has 0 saturated heterocycles. The van der Waals surface area contributed by atoms with Crippen LogP contribution in [0.25, 0.3) is 0 Å². The van der Waals surface area contributed by atoms with Gasteiger partial charge in [0.1, 0.15) is 0 Å². The van der Waals surface area contributed by atoms with Crippen LogP contribution < -0.4 is 0 Å². The summed E-state index contributed by atoms with van der Waals surface area (Å²) in [5.74, 6) is 0. The fourth-order valence-electron chi connectivity index (χ4n) is 1.91. The third kappa shape index (κ3) is 11.4. The Labute approximate surface area is 128 Å². The fourth-order valence-corrected chi connectivity index (χ4v) is 1.91. The maximum atomic E-state index is 8.52. The molecule has 0 heterocycles. The molecule has 1 rings (SSSR count). The quantitative estimate of drug-likeness (QED) is 0.536. The molecule has 0 saturated carbocycles. The predicted molar refractivity (Wildman–Crippen MR) is 83.3 cm³/mol. The Bertz CT molecular complexity index is 316. The van der Waals surface area contributed by atoms with E-state index < -0.39 is 0 Å². The van der Waals surface area contributed by atoms with Crippen LogP contribution in [0.3, 0.4) is 0 Å². The number of hydrogen-bond donors (Lipinski definition) is 1. The summed E-state index contributed by atoms with van der Waals surface area (Å²) in [5, 5.41) is 8.52. The summed E-state index contributed by atoms with van der Waals surface area (Å²) in [6.07, 6.45) is 4.54. The van der Waals surface area contributed by atoms with E-state index in [1.807, 2.05) is 18.2 Å². The molecule has 0 aliphatic rings. The Balaban J connectivity index is 1.75. The van der Waals surface area contributed by atoms with E-state index in [-0.39, 0.29) is 6.61 Å². The molecule has 1 aromatic rings. The molecule has 120 valence electrons. The van der Waals surface area contributed by atoms with Crippen LogP contribution in [0, 0.1) is 0 Å². The van der Waals surface area contributed by atoms with Gasteiger partial charge in [0, 0.05) is 13.2 Å². The van der Waals surface area contributed by atoms with Crippen LogP contribution in [0.15, 0.2) is 30.3 Å². The zero-order valence-electron chi connectivity index (χ0n) is 12.8. The van der Waals surface area contributed by atoms with Gasteiger partial charge in [-0.05, 0) is 18.4 Å². The number of benzene rings is 1. The van der Waals surface area contributed by atoms with Crippen molar-refractivity contribution < 1.29 is 19.3 Å². The van der Waals surface area contributed by atoms with Crippen molar-refractivity contribution in [2.75, 3.05) is 39.6 Å². The molecule has 0 unspecified atom stereocenters. The van der Waals surface area contributed by atoms with Gasteiger partial charge in [-0.3, -0.25) is 0 Å². The Kier molecular flexibility index (Phi) is 12.1. The van der Waals surface area contributed by atoms with Gasteiger partial charge in [0.25, 0.3) is 0 Å². The van der Waals surface area contributed by atoms with Crippen LogP contribution in [0.5, 0.6) is 0 Å². The number of hydrogen-bond acceptors (Lipinski definition) is 4. The highest BCUT2D eigenvalue weighted by molar-refractivity contribution is 5.13. The minimum absolute atomic E-state index is 0.0757. The van der Waals surface area contributed by atoms with E-state index in [1.165, 1.54) is 18.4 Å². The monoisotopic (exact) mass is 296 g/mol. The molecule has 1 N–H and O–H groups in total. The van der Waals surface area contributed by atoms with Crippen LogP contribution in [0.2, 0.25) is 0 Å². The Morgan fingerprint density at radius 1 is 0.667 bits per heavy atom. The van der Waals surface area contributed by atoms with E-state index in [0.29, 0.717) is 26.4 Å². The van der Waals surface area contributed by atoms with E-state index in [4.69, 9.17) is 19.3 Å². The zero-order chi connectivity index (χ0) is 15.0. The molecule has 0 aliphatic heterocycles. The molecule has 0 aromatic heterocycles. The van der Waals surface area contributed by atoms with Crippen LogP contribution >= 0.6 is 0 Å². The second-order valence-electron chi connectivity index (χ2n) is 4.90. The van der Waals surface area contributed by atoms with Crippen LogP contribution in [-0.4, -0.2) is 44.7 Å². The topological polar surface area (TPSA) is 47.9 Å². The zero-order valence-corrected chi connectivity index (χ0v) is 12.8. The number of rotatable bonds is 14. The molecule has 0 bridgehead atoms. The van der Waals surface area contributed by atoms with E-state index in [9.17, 15) is 0 Å². The Morgan fingerprint density at radius 2 is 1.29 bits per heavy atom. The van der Waals surface area contributed by atoms with Gasteiger partial charge in [-0.2, -0.15) is 0 Å². The lowest BCUT2D eigenvalue weighted by molar-refractivity contribution is 0.0319. The molecule has 4 nitrogen and oxygen atoms in total. The van der Waals surface area contributed by atoms with Crippen LogP contribution in [-0.2, 0) is 20.8 Å². The van der Waals surface area contributed by atoms with Crippen molar-refractivity contribution >= 4 is 0 Å². The minimum Gasteiger partial charge on any atom is -0.394 e. The molecule has 0 spiro atoms. The van der Waals surface area contributed by atoms with Crippen molar-refractivity contribution in [3.63, 3.8) is 0 Å². The Morgan fingerprint density at radius 3 is 1.95 bits per heavy atom. The van der Waals surface area contributed by atoms with Gasteiger partial charge < -0.3 is 19.3 Å². The second kappa shape index (κ2) is 14.0. The lowest BCUT2D eigenvalue weighted by atomic mass is 10.2. The average Bonchev–Trinajstić information content (AvgIpc) is 2.53. The first kappa shape index (κ1) is 18.1. The molecule has 0 fully saturated rings. The number of aliphatic hydroxyl groups excluding tert-OH is 1. The summed E-state index contributed by atoms with van der Waals surface area (Å²) in [6, 6.07) is 10.3. The van der Waals surface area contributed by atoms with Gasteiger partial charge in [-0.25, -0.2) is 0 Å². The van der Waals surface area contributed by atoms with E-state index in [2.05, 4.69) is 12.1 Å². The molecular formula is C17H28O4. The van der Waals surface area contributed by atoms with Crippen molar-refractivity contribution in [2.45, 2.75) is 32.3 Å². The highest BCUT2D eigenvalue weighted by Crippen LogP contribution is 2.04. The molecule has 0 radical (unpaired) electrons. The van der Waals surface area contributed by atoms with Gasteiger partial charge in [0.2, 0.25) is 0 Å². The normalized spacial score (nSPS) is 10.9. The van der Waals surface area contributed by atoms with Crippen molar-refractivity contribution in [3.8, 4) is 0 Å². The summed E-state index contributed by atoms with van der Waals surface area (Å²) in [6.45, 7) is 3.96. The number of aliphatic hydroxyl groups is 1. The Hall–Kier alpha value is -0.940. The van der Waals surface area contributed by atoms with Gasteiger partial charge in [0.05, 0.1) is 33.0 Å². The highest BCUT2D eigenvalue weighted by Gasteiger charge is 1.94. The van der Waals surface area contributed by atoms with Gasteiger partial charge in [0.15, 0.2) is 0 Å². The second-order valence-corrected chi connectivity index (χ2v) is 4.90. The first-order valence-corrected chi connectivity index (χ1v) is 7.81. The first-order valence-electron chi connectivity index (χ1n) is 7.81. The smallest absolute Gasteiger partial charge is 0.0716 e. The molecule has 0 amide bonds. The van der Waals surface area contributed by atoms with E-state index >= 15 is 0 Å². The summed E-state index contributed by atoms with van der Waals surface area (Å²) in [5.41, 5.74) is 1.23. The van der Waals surface area contributed by atoms with Crippen LogP contribution in [0.4, 0.5) is 0 Å². The maximum Gasteiger partial charge on any atom is 0.0716 e. The molecule has 4 heteroatoms. The van der Waals surface area contributed by atoms with Gasteiger partial charge in [-0.15, -0.1) is 0 Å². The van der Waals surface area contributed by atoms with Gasteiger partial charge >= 0.3 is 0 Å². The molecule has 21 heavy (non-hydrogen) atoms. The summed E-state index contributed by atoms with van der Waals surface area (Å²) in [4.78, 5) is 0. The average molecular weight is 296 g/mol. The summed E-state index contributed by atoms with van der Waals surface area (Å²) >= 11 is 0. The lowest BCUT2D eigenvalue weighted by Crippen LogP contribution is -2.07. The third-order valence-corrected chi connectivity index (χ3v) is 3.05. The van der Waals surface area contributed by atoms with Gasteiger partial charge in [-0.1, -0.05) is 43.2 Å². The number of ether oxygens (including phenoxy) is 3. The predicted octanol–water partition coefficient (Wildman–Crippen LogP) is 2.79. The minimum atomic E-state index is 0.0757. The maximum absolute atomic E-state index is 8.52. The molecule has 1 aromatic carbocycles. The molecular weight excluding hydrogens is 268 g/mol. The molecule has 0 atom stereocenters. The third-order valence-electron chi connectivity index (χ3n) is 3.05. The van der Waals surface area contributed by atoms with Crippen molar-refractivity contribution in [3.05, 3.63) is 35.9 Å². The highest BCUT2D eigenvalue weighted by atomic mass is 16.5.